The molecule has 0 spiro atoms. The molecular weight excluding hydrogens is 367 g/mol. The lowest BCUT2D eigenvalue weighted by Crippen LogP contribution is -2.56. The number of H-pyrrole nitrogens is 1. The second-order valence-corrected chi connectivity index (χ2v) is 8.58. The zero-order valence-electron chi connectivity index (χ0n) is 15.8. The summed E-state index contributed by atoms with van der Waals surface area (Å²) in [4.78, 5) is 17.5. The van der Waals surface area contributed by atoms with Crippen LogP contribution in [0.1, 0.15) is 43.4 Å². The van der Waals surface area contributed by atoms with Gasteiger partial charge in [0.25, 0.3) is 0 Å². The van der Waals surface area contributed by atoms with E-state index >= 15 is 0 Å². The van der Waals surface area contributed by atoms with Crippen molar-refractivity contribution >= 4 is 22.5 Å². The lowest BCUT2D eigenvalue weighted by molar-refractivity contribution is -0.167. The fraction of sp³-hybridized carbons (Fsp3) is 0.571. The molecule has 3 aliphatic heterocycles. The first-order valence-corrected chi connectivity index (χ1v) is 10.1. The molecule has 4 nitrogen and oxygen atoms in total. The van der Waals surface area contributed by atoms with Crippen LogP contribution in [0.2, 0.25) is 0 Å². The molecule has 5 atom stereocenters. The Bertz CT molecular complexity index is 935. The van der Waals surface area contributed by atoms with Crippen LogP contribution in [0.5, 0.6) is 0 Å². The number of alkyl halides is 3. The van der Waals surface area contributed by atoms with E-state index in [4.69, 9.17) is 0 Å². The van der Waals surface area contributed by atoms with Crippen molar-refractivity contribution < 1.29 is 18.0 Å². The van der Waals surface area contributed by atoms with Gasteiger partial charge in [-0.1, -0.05) is 13.3 Å². The second-order valence-electron chi connectivity index (χ2n) is 8.58. The molecule has 1 amide bonds. The van der Waals surface area contributed by atoms with Crippen LogP contribution >= 0.6 is 0 Å². The number of rotatable bonds is 2. The highest BCUT2D eigenvalue weighted by Gasteiger charge is 2.48. The molecule has 28 heavy (non-hydrogen) atoms. The van der Waals surface area contributed by atoms with Crippen LogP contribution < -0.4 is 5.32 Å². The molecule has 1 aromatic heterocycles. The average Bonchev–Trinajstić information content (AvgIpc) is 2.98. The van der Waals surface area contributed by atoms with Crippen LogP contribution in [-0.4, -0.2) is 41.1 Å². The molecule has 2 saturated heterocycles. The Morgan fingerprint density at radius 3 is 2.89 bits per heavy atom. The number of piperidine rings is 2. The maximum Gasteiger partial charge on any atom is 0.471 e. The summed E-state index contributed by atoms with van der Waals surface area (Å²) in [5.41, 5.74) is 3.62. The predicted octanol–water partition coefficient (Wildman–Crippen LogP) is 4.43. The summed E-state index contributed by atoms with van der Waals surface area (Å²) in [6, 6.07) is 5.57. The minimum Gasteiger partial charge on any atom is -0.358 e. The van der Waals surface area contributed by atoms with Gasteiger partial charge in [-0.3, -0.25) is 9.69 Å². The predicted molar refractivity (Wildman–Crippen MR) is 101 cm³/mol. The van der Waals surface area contributed by atoms with Crippen molar-refractivity contribution in [2.75, 3.05) is 18.4 Å². The van der Waals surface area contributed by atoms with Gasteiger partial charge in [0, 0.05) is 47.3 Å². The first kappa shape index (κ1) is 18.0. The van der Waals surface area contributed by atoms with E-state index in [1.165, 1.54) is 43.1 Å². The minimum atomic E-state index is -4.89. The van der Waals surface area contributed by atoms with Gasteiger partial charge in [0.05, 0.1) is 0 Å². The lowest BCUT2D eigenvalue weighted by atomic mass is 9.65. The van der Waals surface area contributed by atoms with Gasteiger partial charge in [-0.05, 0) is 54.9 Å². The van der Waals surface area contributed by atoms with E-state index in [9.17, 15) is 18.0 Å². The van der Waals surface area contributed by atoms with E-state index in [0.29, 0.717) is 12.0 Å². The highest BCUT2D eigenvalue weighted by molar-refractivity contribution is 5.97. The second kappa shape index (κ2) is 6.24. The lowest BCUT2D eigenvalue weighted by Gasteiger charge is -2.53. The zero-order valence-corrected chi connectivity index (χ0v) is 15.8. The van der Waals surface area contributed by atoms with Gasteiger partial charge in [0.2, 0.25) is 0 Å². The molecule has 1 aromatic carbocycles. The van der Waals surface area contributed by atoms with Gasteiger partial charge in [0.15, 0.2) is 0 Å². The van der Waals surface area contributed by atoms with Crippen LogP contribution in [-0.2, 0) is 11.2 Å². The molecule has 150 valence electrons. The van der Waals surface area contributed by atoms with Crippen LogP contribution in [0.4, 0.5) is 18.9 Å². The van der Waals surface area contributed by atoms with Crippen molar-refractivity contribution in [2.24, 2.45) is 11.8 Å². The SMILES string of the molecule is CCC1CC2CC3c4[nH]c5ccc(NC(=O)C(F)(F)F)cc5c4CCN(C2)C13. The van der Waals surface area contributed by atoms with Gasteiger partial charge in [0.1, 0.15) is 0 Å². The summed E-state index contributed by atoms with van der Waals surface area (Å²) in [6.07, 6.45) is -0.297. The number of nitrogens with zero attached hydrogens (tertiary/aromatic N) is 1. The highest BCUT2D eigenvalue weighted by atomic mass is 19.4. The quantitative estimate of drug-likeness (QED) is 0.796. The molecule has 4 heterocycles. The Labute approximate surface area is 161 Å². The molecule has 1 aliphatic carbocycles. The third-order valence-corrected chi connectivity index (χ3v) is 7.03. The third-order valence-electron chi connectivity index (χ3n) is 7.03. The summed E-state index contributed by atoms with van der Waals surface area (Å²) >= 11 is 0. The number of aromatic amines is 1. The van der Waals surface area contributed by atoms with Gasteiger partial charge in [-0.15, -0.1) is 0 Å². The first-order valence-electron chi connectivity index (χ1n) is 10.1. The fourth-order valence-electron chi connectivity index (χ4n) is 5.97. The standard InChI is InChI=1S/C21H24F3N3O/c1-2-12-7-11-8-16-18-14(5-6-27(10-11)19(12)16)15-9-13(3-4-17(15)26-18)25-20(28)21(22,23)24/h3-4,9,11-12,16,19,26H,2,5-8,10H2,1H3,(H,25,28). The summed E-state index contributed by atoms with van der Waals surface area (Å²) < 4.78 is 37.8. The van der Waals surface area contributed by atoms with Crippen molar-refractivity contribution in [2.45, 2.75) is 50.7 Å². The van der Waals surface area contributed by atoms with Gasteiger partial charge in [-0.2, -0.15) is 13.2 Å². The molecule has 3 fully saturated rings. The number of amides is 1. The topological polar surface area (TPSA) is 48.1 Å². The number of benzene rings is 1. The molecule has 5 unspecified atom stereocenters. The summed E-state index contributed by atoms with van der Waals surface area (Å²) in [5, 5.41) is 2.93. The Balaban J connectivity index is 1.54. The number of aromatic nitrogens is 1. The molecule has 4 aliphatic rings. The van der Waals surface area contributed by atoms with Gasteiger partial charge >= 0.3 is 12.1 Å². The van der Waals surface area contributed by atoms with Crippen molar-refractivity contribution in [1.82, 2.24) is 9.88 Å². The Hall–Kier alpha value is -2.02. The molecule has 0 radical (unpaired) electrons. The highest BCUT2D eigenvalue weighted by Crippen LogP contribution is 2.51. The number of carbonyl (C=O) groups is 1. The van der Waals surface area contributed by atoms with Crippen molar-refractivity contribution in [3.63, 3.8) is 0 Å². The number of nitrogens with one attached hydrogen (secondary N) is 2. The fourth-order valence-corrected chi connectivity index (χ4v) is 5.97. The third kappa shape index (κ3) is 2.74. The smallest absolute Gasteiger partial charge is 0.358 e. The van der Waals surface area contributed by atoms with E-state index < -0.39 is 12.1 Å². The Morgan fingerprint density at radius 1 is 1.32 bits per heavy atom. The molecule has 6 rings (SSSR count). The van der Waals surface area contributed by atoms with Crippen molar-refractivity contribution in [3.8, 4) is 0 Å². The van der Waals surface area contributed by atoms with Crippen molar-refractivity contribution in [3.05, 3.63) is 29.5 Å². The molecule has 2 N–H and O–H groups in total. The van der Waals surface area contributed by atoms with Gasteiger partial charge in [-0.25, -0.2) is 0 Å². The maximum absolute atomic E-state index is 12.6. The average molecular weight is 391 g/mol. The van der Waals surface area contributed by atoms with Crippen LogP contribution in [0.25, 0.3) is 10.9 Å². The van der Waals surface area contributed by atoms with Crippen LogP contribution in [0.15, 0.2) is 18.2 Å². The number of hydrogen-bond donors (Lipinski definition) is 2. The normalized spacial score (nSPS) is 31.5. The van der Waals surface area contributed by atoms with Crippen molar-refractivity contribution in [1.29, 1.82) is 0 Å². The number of anilines is 1. The Morgan fingerprint density at radius 2 is 2.14 bits per heavy atom. The number of hydrogen-bond acceptors (Lipinski definition) is 2. The monoisotopic (exact) mass is 391 g/mol. The van der Waals surface area contributed by atoms with E-state index in [1.807, 2.05) is 5.32 Å². The number of fused-ring (bicyclic) bond motifs is 4. The summed E-state index contributed by atoms with van der Waals surface area (Å²) in [7, 11) is 0. The largest absolute Gasteiger partial charge is 0.471 e. The van der Waals surface area contributed by atoms with Crippen LogP contribution in [0, 0.1) is 11.8 Å². The Kier molecular flexibility index (Phi) is 4.02. The molecule has 1 saturated carbocycles. The van der Waals surface area contributed by atoms with E-state index in [2.05, 4.69) is 16.8 Å². The molecule has 4 bridgehead atoms. The summed E-state index contributed by atoms with van der Waals surface area (Å²) in [5.74, 6) is -0.00967. The molecule has 2 aromatic rings. The van der Waals surface area contributed by atoms with Crippen LogP contribution in [0.3, 0.4) is 0 Å². The molecule has 7 heteroatoms. The first-order chi connectivity index (χ1) is 13.3. The van der Waals surface area contributed by atoms with E-state index in [-0.39, 0.29) is 5.69 Å². The number of halogens is 3. The summed E-state index contributed by atoms with van der Waals surface area (Å²) in [6.45, 7) is 4.44. The molecular formula is C21H24F3N3O. The van der Waals surface area contributed by atoms with Gasteiger partial charge < -0.3 is 10.3 Å². The number of carbonyl (C=O) groups excluding carboxylic acids is 1. The zero-order chi connectivity index (χ0) is 19.6. The van der Waals surface area contributed by atoms with E-state index in [0.717, 1.165) is 35.7 Å². The van der Waals surface area contributed by atoms with E-state index in [1.54, 1.807) is 12.1 Å². The maximum atomic E-state index is 12.6. The minimum absolute atomic E-state index is 0.192.